The number of aromatic nitrogens is 1. The van der Waals surface area contributed by atoms with Gasteiger partial charge in [-0.15, -0.1) is 0 Å². The molecule has 0 bridgehead atoms. The monoisotopic (exact) mass is 301 g/mol. The highest BCUT2D eigenvalue weighted by Crippen LogP contribution is 2.19. The van der Waals surface area contributed by atoms with Crippen molar-refractivity contribution in [1.29, 1.82) is 0 Å². The fraction of sp³-hybridized carbons (Fsp3) is 0.412. The number of hydrogen-bond donors (Lipinski definition) is 1. The number of hydrogen-bond acceptors (Lipinski definition) is 2. The zero-order valence-electron chi connectivity index (χ0n) is 13.6. The van der Waals surface area contributed by atoms with Crippen molar-refractivity contribution in [2.45, 2.75) is 32.9 Å². The lowest BCUT2D eigenvalue weighted by atomic mass is 10.1. The fourth-order valence-electron chi connectivity index (χ4n) is 2.52. The van der Waals surface area contributed by atoms with Gasteiger partial charge in [-0.1, -0.05) is 0 Å². The van der Waals surface area contributed by atoms with Gasteiger partial charge in [-0.05, 0) is 38.1 Å². The number of carbonyl (C=O) groups excluding carboxylic acids is 2. The zero-order valence-corrected chi connectivity index (χ0v) is 13.6. The highest BCUT2D eigenvalue weighted by Gasteiger charge is 2.20. The van der Waals surface area contributed by atoms with Gasteiger partial charge in [0, 0.05) is 55.8 Å². The average Bonchev–Trinajstić information content (AvgIpc) is 2.95. The lowest BCUT2D eigenvalue weighted by Crippen LogP contribution is -2.38. The van der Waals surface area contributed by atoms with Gasteiger partial charge in [-0.3, -0.25) is 9.59 Å². The van der Waals surface area contributed by atoms with E-state index in [0.29, 0.717) is 12.0 Å². The van der Waals surface area contributed by atoms with Crippen LogP contribution in [-0.4, -0.2) is 41.4 Å². The Balaban J connectivity index is 2.19. The van der Waals surface area contributed by atoms with Crippen LogP contribution in [0.1, 0.15) is 30.6 Å². The highest BCUT2D eigenvalue weighted by molar-refractivity contribution is 5.98. The summed E-state index contributed by atoms with van der Waals surface area (Å²) in [5.41, 5.74) is 1.77. The van der Waals surface area contributed by atoms with Crippen LogP contribution in [0.3, 0.4) is 0 Å². The molecule has 0 saturated heterocycles. The van der Waals surface area contributed by atoms with Crippen LogP contribution in [0.25, 0.3) is 10.9 Å². The lowest BCUT2D eigenvalue weighted by molar-refractivity contribution is -0.121. The molecule has 5 nitrogen and oxygen atoms in total. The number of rotatable bonds is 5. The van der Waals surface area contributed by atoms with Crippen LogP contribution in [0.2, 0.25) is 0 Å². The topological polar surface area (TPSA) is 54.3 Å². The maximum absolute atomic E-state index is 12.6. The van der Waals surface area contributed by atoms with Gasteiger partial charge >= 0.3 is 0 Å². The Morgan fingerprint density at radius 1 is 1.32 bits per heavy atom. The third-order valence-electron chi connectivity index (χ3n) is 4.10. The molecule has 1 unspecified atom stereocenters. The van der Waals surface area contributed by atoms with E-state index < -0.39 is 0 Å². The Kier molecular flexibility index (Phi) is 4.85. The lowest BCUT2D eigenvalue weighted by Gasteiger charge is -2.24. The van der Waals surface area contributed by atoms with Crippen molar-refractivity contribution in [3.63, 3.8) is 0 Å². The summed E-state index contributed by atoms with van der Waals surface area (Å²) in [5, 5.41) is 3.64. The van der Waals surface area contributed by atoms with Crippen LogP contribution >= 0.6 is 0 Å². The van der Waals surface area contributed by atoms with E-state index in [-0.39, 0.29) is 17.9 Å². The molecule has 0 aliphatic rings. The van der Waals surface area contributed by atoms with E-state index >= 15 is 0 Å². The second kappa shape index (κ2) is 6.64. The Morgan fingerprint density at radius 2 is 2.05 bits per heavy atom. The molecule has 0 radical (unpaired) electrons. The molecule has 5 heteroatoms. The SMILES string of the molecule is CCn1ccc2cc(C(=O)N(C)C(C)CC(=O)NC)ccc21. The van der Waals surface area contributed by atoms with Gasteiger partial charge in [0.15, 0.2) is 0 Å². The molecule has 0 aliphatic heterocycles. The minimum absolute atomic E-state index is 0.0670. The molecule has 1 N–H and O–H groups in total. The van der Waals surface area contributed by atoms with Gasteiger partial charge in [0.1, 0.15) is 0 Å². The minimum atomic E-state index is -0.150. The molecule has 118 valence electrons. The first-order chi connectivity index (χ1) is 10.5. The molecule has 0 spiro atoms. The van der Waals surface area contributed by atoms with Gasteiger partial charge < -0.3 is 14.8 Å². The Morgan fingerprint density at radius 3 is 2.68 bits per heavy atom. The zero-order chi connectivity index (χ0) is 16.3. The van der Waals surface area contributed by atoms with Gasteiger partial charge in [0.2, 0.25) is 5.91 Å². The first-order valence-corrected chi connectivity index (χ1v) is 7.54. The summed E-state index contributed by atoms with van der Waals surface area (Å²) in [5.74, 6) is -0.134. The number of nitrogens with zero attached hydrogens (tertiary/aromatic N) is 2. The Labute approximate surface area is 130 Å². The summed E-state index contributed by atoms with van der Waals surface area (Å²) < 4.78 is 2.14. The van der Waals surface area contributed by atoms with Crippen molar-refractivity contribution in [2.75, 3.05) is 14.1 Å². The van der Waals surface area contributed by atoms with Crippen molar-refractivity contribution in [2.24, 2.45) is 0 Å². The maximum Gasteiger partial charge on any atom is 0.253 e. The molecule has 0 saturated carbocycles. The number of amides is 2. The second-order valence-corrected chi connectivity index (χ2v) is 5.52. The predicted molar refractivity (Wildman–Crippen MR) is 87.9 cm³/mol. The third kappa shape index (κ3) is 3.13. The third-order valence-corrected chi connectivity index (χ3v) is 4.10. The fourth-order valence-corrected chi connectivity index (χ4v) is 2.52. The Bertz CT molecular complexity index is 690. The molecule has 1 heterocycles. The summed E-state index contributed by atoms with van der Waals surface area (Å²) >= 11 is 0. The van der Waals surface area contributed by atoms with Crippen LogP contribution in [-0.2, 0) is 11.3 Å². The molecule has 1 atom stereocenters. The van der Waals surface area contributed by atoms with E-state index in [4.69, 9.17) is 0 Å². The second-order valence-electron chi connectivity index (χ2n) is 5.52. The summed E-state index contributed by atoms with van der Waals surface area (Å²) in [6.45, 7) is 4.87. The molecule has 0 fully saturated rings. The van der Waals surface area contributed by atoms with E-state index in [1.165, 1.54) is 0 Å². The first-order valence-electron chi connectivity index (χ1n) is 7.54. The van der Waals surface area contributed by atoms with Gasteiger partial charge in [-0.25, -0.2) is 0 Å². The smallest absolute Gasteiger partial charge is 0.253 e. The molecular formula is C17H23N3O2. The summed E-state index contributed by atoms with van der Waals surface area (Å²) in [7, 11) is 3.33. The van der Waals surface area contributed by atoms with Crippen molar-refractivity contribution in [3.05, 3.63) is 36.0 Å². The molecular weight excluding hydrogens is 278 g/mol. The molecule has 2 amide bonds. The van der Waals surface area contributed by atoms with Crippen molar-refractivity contribution in [3.8, 4) is 0 Å². The van der Waals surface area contributed by atoms with Gasteiger partial charge in [-0.2, -0.15) is 0 Å². The van der Waals surface area contributed by atoms with Crippen molar-refractivity contribution in [1.82, 2.24) is 14.8 Å². The first kappa shape index (κ1) is 16.1. The number of fused-ring (bicyclic) bond motifs is 1. The van der Waals surface area contributed by atoms with E-state index in [9.17, 15) is 9.59 Å². The van der Waals surface area contributed by atoms with Crippen molar-refractivity contribution >= 4 is 22.7 Å². The largest absolute Gasteiger partial charge is 0.359 e. The number of benzene rings is 1. The van der Waals surface area contributed by atoms with Crippen LogP contribution < -0.4 is 5.32 Å². The van der Waals surface area contributed by atoms with Crippen LogP contribution in [0.15, 0.2) is 30.5 Å². The normalized spacial score (nSPS) is 12.2. The van der Waals surface area contributed by atoms with E-state index in [0.717, 1.165) is 17.4 Å². The predicted octanol–water partition coefficient (Wildman–Crippen LogP) is 2.26. The van der Waals surface area contributed by atoms with E-state index in [2.05, 4.69) is 16.8 Å². The molecule has 22 heavy (non-hydrogen) atoms. The van der Waals surface area contributed by atoms with Crippen LogP contribution in [0.4, 0.5) is 0 Å². The maximum atomic E-state index is 12.6. The van der Waals surface area contributed by atoms with E-state index in [1.807, 2.05) is 37.4 Å². The molecule has 2 rings (SSSR count). The quantitative estimate of drug-likeness (QED) is 0.921. The van der Waals surface area contributed by atoms with Gasteiger partial charge in [0.05, 0.1) is 0 Å². The van der Waals surface area contributed by atoms with Gasteiger partial charge in [0.25, 0.3) is 5.91 Å². The molecule has 1 aromatic heterocycles. The summed E-state index contributed by atoms with van der Waals surface area (Å²) in [4.78, 5) is 25.6. The molecule has 1 aromatic carbocycles. The summed E-state index contributed by atoms with van der Waals surface area (Å²) in [6, 6.07) is 7.60. The van der Waals surface area contributed by atoms with Crippen LogP contribution in [0, 0.1) is 0 Å². The van der Waals surface area contributed by atoms with Crippen molar-refractivity contribution < 1.29 is 9.59 Å². The number of aryl methyl sites for hydroxylation is 1. The number of nitrogens with one attached hydrogen (secondary N) is 1. The van der Waals surface area contributed by atoms with E-state index in [1.54, 1.807) is 19.0 Å². The number of carbonyl (C=O) groups is 2. The molecule has 2 aromatic rings. The minimum Gasteiger partial charge on any atom is -0.359 e. The highest BCUT2D eigenvalue weighted by atomic mass is 16.2. The van der Waals surface area contributed by atoms with Crippen LogP contribution in [0.5, 0.6) is 0 Å². The average molecular weight is 301 g/mol. The molecule has 0 aliphatic carbocycles. The Hall–Kier alpha value is -2.30. The summed E-state index contributed by atoms with van der Waals surface area (Å²) in [6.07, 6.45) is 2.32. The standard InChI is InChI=1S/C17H23N3O2/c1-5-20-9-8-13-11-14(6-7-15(13)20)17(22)19(4)12(2)10-16(21)18-3/h6-9,11-12H,5,10H2,1-4H3,(H,18,21).